The maximum absolute atomic E-state index is 11.4. The first-order valence-corrected chi connectivity index (χ1v) is 6.01. The lowest BCUT2D eigenvalue weighted by molar-refractivity contribution is 0.0583. The molecule has 0 spiro atoms. The van der Waals surface area contributed by atoms with Crippen LogP contribution in [0, 0.1) is 0 Å². The molecule has 0 saturated carbocycles. The van der Waals surface area contributed by atoms with E-state index < -0.39 is 11.9 Å². The van der Waals surface area contributed by atoms with Gasteiger partial charge in [-0.05, 0) is 0 Å². The second-order valence-corrected chi connectivity index (χ2v) is 4.45. The molecule has 10 heteroatoms. The molecule has 0 aliphatic heterocycles. The van der Waals surface area contributed by atoms with E-state index in [9.17, 15) is 9.59 Å². The van der Waals surface area contributed by atoms with E-state index >= 15 is 0 Å². The van der Waals surface area contributed by atoms with Gasteiger partial charge in [-0.25, -0.2) is 19.6 Å². The predicted octanol–water partition coefficient (Wildman–Crippen LogP) is 0.950. The van der Waals surface area contributed by atoms with E-state index in [1.807, 2.05) is 0 Å². The number of esters is 2. The van der Waals surface area contributed by atoms with Crippen molar-refractivity contribution in [3.63, 3.8) is 0 Å². The molecule has 8 nitrogen and oxygen atoms in total. The number of carbonyl (C=O) groups excluding carboxylic acids is 2. The summed E-state index contributed by atoms with van der Waals surface area (Å²) >= 11 is 6.78. The standard InChI is InChI=1S/C9H7ClN4O4S/c1-17-7(15)4-5(10)12-9(19-4)14-3-11-6(13-14)8(16)18-2/h3H,1-2H3. The summed E-state index contributed by atoms with van der Waals surface area (Å²) < 4.78 is 10.2. The van der Waals surface area contributed by atoms with Gasteiger partial charge in [-0.1, -0.05) is 22.9 Å². The summed E-state index contributed by atoms with van der Waals surface area (Å²) in [5, 5.41) is 4.15. The number of rotatable bonds is 3. The van der Waals surface area contributed by atoms with Crippen molar-refractivity contribution < 1.29 is 19.1 Å². The zero-order chi connectivity index (χ0) is 14.0. The predicted molar refractivity (Wildman–Crippen MR) is 64.7 cm³/mol. The fraction of sp³-hybridized carbons (Fsp3) is 0.222. The summed E-state index contributed by atoms with van der Waals surface area (Å²) in [7, 11) is 2.46. The molecule has 0 aromatic carbocycles. The third kappa shape index (κ3) is 2.56. The van der Waals surface area contributed by atoms with Gasteiger partial charge in [0.25, 0.3) is 5.82 Å². The molecule has 0 amide bonds. The van der Waals surface area contributed by atoms with Gasteiger partial charge in [-0.3, -0.25) is 0 Å². The van der Waals surface area contributed by atoms with Crippen LogP contribution in [0.15, 0.2) is 6.33 Å². The van der Waals surface area contributed by atoms with Gasteiger partial charge >= 0.3 is 11.9 Å². The highest BCUT2D eigenvalue weighted by Crippen LogP contribution is 2.25. The van der Waals surface area contributed by atoms with Gasteiger partial charge in [0.2, 0.25) is 5.13 Å². The normalized spacial score (nSPS) is 10.3. The highest BCUT2D eigenvalue weighted by atomic mass is 35.5. The zero-order valence-electron chi connectivity index (χ0n) is 9.79. The number of thiazole rings is 1. The van der Waals surface area contributed by atoms with Crippen molar-refractivity contribution in [2.45, 2.75) is 0 Å². The molecule has 0 aliphatic carbocycles. The van der Waals surface area contributed by atoms with Crippen molar-refractivity contribution in [3.8, 4) is 5.13 Å². The van der Waals surface area contributed by atoms with Crippen molar-refractivity contribution in [2.24, 2.45) is 0 Å². The minimum atomic E-state index is -0.672. The second kappa shape index (κ2) is 5.33. The van der Waals surface area contributed by atoms with Crippen LogP contribution in [0.2, 0.25) is 5.15 Å². The Morgan fingerprint density at radius 1 is 1.32 bits per heavy atom. The number of aromatic nitrogens is 4. The van der Waals surface area contributed by atoms with Crippen LogP contribution in [0.25, 0.3) is 5.13 Å². The molecule has 0 fully saturated rings. The molecule has 0 bridgehead atoms. The zero-order valence-corrected chi connectivity index (χ0v) is 11.4. The minimum absolute atomic E-state index is 0.00182. The van der Waals surface area contributed by atoms with Crippen molar-refractivity contribution >= 4 is 34.9 Å². The molecule has 100 valence electrons. The fourth-order valence-electron chi connectivity index (χ4n) is 1.15. The molecule has 0 aliphatic rings. The fourth-order valence-corrected chi connectivity index (χ4v) is 2.27. The van der Waals surface area contributed by atoms with Crippen LogP contribution in [-0.2, 0) is 9.47 Å². The number of halogens is 1. The summed E-state index contributed by atoms with van der Waals surface area (Å²) in [5.41, 5.74) is 0. The lowest BCUT2D eigenvalue weighted by Gasteiger charge is -1.93. The van der Waals surface area contributed by atoms with Crippen molar-refractivity contribution in [3.05, 3.63) is 22.2 Å². The summed E-state index contributed by atoms with van der Waals surface area (Å²) in [5.74, 6) is -1.38. The van der Waals surface area contributed by atoms with E-state index in [4.69, 9.17) is 11.6 Å². The van der Waals surface area contributed by atoms with Gasteiger partial charge < -0.3 is 9.47 Å². The monoisotopic (exact) mass is 302 g/mol. The number of methoxy groups -OCH3 is 2. The first-order chi connectivity index (χ1) is 9.06. The van der Waals surface area contributed by atoms with E-state index in [0.29, 0.717) is 0 Å². The number of nitrogens with zero attached hydrogens (tertiary/aromatic N) is 4. The summed E-state index contributed by atoms with van der Waals surface area (Å²) in [6, 6.07) is 0. The van der Waals surface area contributed by atoms with E-state index in [1.165, 1.54) is 25.2 Å². The van der Waals surface area contributed by atoms with Crippen LogP contribution >= 0.6 is 22.9 Å². The summed E-state index contributed by atoms with van der Waals surface area (Å²) in [4.78, 5) is 30.4. The van der Waals surface area contributed by atoms with Crippen molar-refractivity contribution in [1.29, 1.82) is 0 Å². The SMILES string of the molecule is COC(=O)c1ncn(-c2nc(Cl)c(C(=O)OC)s2)n1. The van der Waals surface area contributed by atoms with E-state index in [0.717, 1.165) is 11.3 Å². The minimum Gasteiger partial charge on any atom is -0.465 e. The molecule has 2 aromatic rings. The van der Waals surface area contributed by atoms with Crippen LogP contribution in [-0.4, -0.2) is 45.9 Å². The first-order valence-electron chi connectivity index (χ1n) is 4.81. The van der Waals surface area contributed by atoms with Crippen LogP contribution in [0.3, 0.4) is 0 Å². The van der Waals surface area contributed by atoms with E-state index in [2.05, 4.69) is 24.5 Å². The van der Waals surface area contributed by atoms with Crippen LogP contribution in [0.5, 0.6) is 0 Å². The smallest absolute Gasteiger partial charge is 0.377 e. The van der Waals surface area contributed by atoms with Crippen molar-refractivity contribution in [1.82, 2.24) is 19.7 Å². The van der Waals surface area contributed by atoms with Crippen LogP contribution in [0.4, 0.5) is 0 Å². The highest BCUT2D eigenvalue weighted by Gasteiger charge is 2.20. The molecule has 0 radical (unpaired) electrons. The molecule has 0 N–H and O–H groups in total. The van der Waals surface area contributed by atoms with Gasteiger partial charge in [0.1, 0.15) is 6.33 Å². The van der Waals surface area contributed by atoms with Gasteiger partial charge in [-0.15, -0.1) is 5.10 Å². The second-order valence-electron chi connectivity index (χ2n) is 3.11. The molecular formula is C9H7ClN4O4S. The summed E-state index contributed by atoms with van der Waals surface area (Å²) in [6.07, 6.45) is 1.27. The molecule has 19 heavy (non-hydrogen) atoms. The van der Waals surface area contributed by atoms with Crippen molar-refractivity contribution in [2.75, 3.05) is 14.2 Å². The number of ether oxygens (including phenoxy) is 2. The topological polar surface area (TPSA) is 96.2 Å². The van der Waals surface area contributed by atoms with E-state index in [-0.39, 0.29) is 21.0 Å². The Morgan fingerprint density at radius 3 is 2.63 bits per heavy atom. The lowest BCUT2D eigenvalue weighted by atomic mass is 10.6. The van der Waals surface area contributed by atoms with Crippen LogP contribution < -0.4 is 0 Å². The first kappa shape index (κ1) is 13.4. The van der Waals surface area contributed by atoms with Crippen LogP contribution in [0.1, 0.15) is 20.3 Å². The Labute approximate surface area is 115 Å². The lowest BCUT2D eigenvalue weighted by Crippen LogP contribution is -2.05. The Balaban J connectivity index is 2.35. The number of hydrogen-bond donors (Lipinski definition) is 0. The molecule has 2 rings (SSSR count). The average Bonchev–Trinajstić information content (AvgIpc) is 3.03. The molecule has 2 aromatic heterocycles. The maximum atomic E-state index is 11.4. The largest absolute Gasteiger partial charge is 0.465 e. The molecule has 2 heterocycles. The third-order valence-corrected chi connectivity index (χ3v) is 3.41. The van der Waals surface area contributed by atoms with Gasteiger partial charge in [0.15, 0.2) is 10.0 Å². The van der Waals surface area contributed by atoms with E-state index in [1.54, 1.807) is 0 Å². The Hall–Kier alpha value is -2.00. The Kier molecular flexibility index (Phi) is 3.76. The average molecular weight is 303 g/mol. The Morgan fingerprint density at radius 2 is 2.00 bits per heavy atom. The molecule has 0 unspecified atom stereocenters. The maximum Gasteiger partial charge on any atom is 0.377 e. The number of hydrogen-bond acceptors (Lipinski definition) is 8. The highest BCUT2D eigenvalue weighted by molar-refractivity contribution is 7.16. The van der Waals surface area contributed by atoms with Gasteiger partial charge in [0, 0.05) is 0 Å². The van der Waals surface area contributed by atoms with Gasteiger partial charge in [-0.2, -0.15) is 4.68 Å². The number of carbonyl (C=O) groups is 2. The summed E-state index contributed by atoms with van der Waals surface area (Å²) in [6.45, 7) is 0. The Bertz CT molecular complexity index is 638. The molecular weight excluding hydrogens is 296 g/mol. The third-order valence-electron chi connectivity index (χ3n) is 2.00. The van der Waals surface area contributed by atoms with Gasteiger partial charge in [0.05, 0.1) is 14.2 Å². The quantitative estimate of drug-likeness (QED) is 0.779. The molecule has 0 atom stereocenters. The molecule has 0 saturated heterocycles.